The minimum absolute atomic E-state index is 0.177. The van der Waals surface area contributed by atoms with Gasteiger partial charge < -0.3 is 9.64 Å². The number of anilines is 1. The van der Waals surface area contributed by atoms with Gasteiger partial charge in [-0.3, -0.25) is 4.79 Å². The van der Waals surface area contributed by atoms with Gasteiger partial charge >= 0.3 is 0 Å². The first-order valence-electron chi connectivity index (χ1n) is 10.9. The molecule has 7 heteroatoms. The summed E-state index contributed by atoms with van der Waals surface area (Å²) in [6.07, 6.45) is 2.77. The molecule has 4 rings (SSSR count). The highest BCUT2D eigenvalue weighted by Gasteiger charge is 2.32. The number of methoxy groups -OCH3 is 1. The standard InChI is InChI=1S/C24H30N2O4S/c1-17-12-18(2)16-25(15-17)31(28,29)22-8-4-6-20(14-22)24(27)26-11-5-7-19-13-21(30-3)9-10-23(19)26/h4,6,8-10,13-14,17-18H,5,7,11-12,15-16H2,1-3H3/t17-,18+. The third kappa shape index (κ3) is 4.34. The van der Waals surface area contributed by atoms with Crippen LogP contribution in [0.15, 0.2) is 47.4 Å². The lowest BCUT2D eigenvalue weighted by atomic mass is 9.94. The SMILES string of the molecule is COc1ccc2c(c1)CCCN2C(=O)c1cccc(S(=O)(=O)N2C[C@H](C)C[C@H](C)C2)c1. The highest BCUT2D eigenvalue weighted by Crippen LogP contribution is 2.32. The Bertz CT molecular complexity index is 1070. The van der Waals surface area contributed by atoms with Gasteiger partial charge in [0.25, 0.3) is 5.91 Å². The number of hydrogen-bond donors (Lipinski definition) is 0. The number of carbonyl (C=O) groups is 1. The summed E-state index contributed by atoms with van der Waals surface area (Å²) >= 11 is 0. The van der Waals surface area contributed by atoms with Gasteiger partial charge in [-0.15, -0.1) is 0 Å². The van der Waals surface area contributed by atoms with Crippen LogP contribution in [0.4, 0.5) is 5.69 Å². The predicted octanol–water partition coefficient (Wildman–Crippen LogP) is 3.95. The molecule has 166 valence electrons. The van der Waals surface area contributed by atoms with Gasteiger partial charge in [-0.25, -0.2) is 8.42 Å². The number of nitrogens with zero attached hydrogens (tertiary/aromatic N) is 2. The Morgan fingerprint density at radius 1 is 1.06 bits per heavy atom. The molecule has 1 amide bonds. The van der Waals surface area contributed by atoms with Crippen molar-refractivity contribution in [1.29, 1.82) is 0 Å². The minimum atomic E-state index is -3.64. The lowest BCUT2D eigenvalue weighted by Gasteiger charge is -2.34. The molecule has 0 spiro atoms. The highest BCUT2D eigenvalue weighted by atomic mass is 32.2. The Labute approximate surface area is 184 Å². The summed E-state index contributed by atoms with van der Waals surface area (Å²) in [7, 11) is -2.01. The van der Waals surface area contributed by atoms with E-state index in [1.807, 2.05) is 18.2 Å². The minimum Gasteiger partial charge on any atom is -0.497 e. The molecular weight excluding hydrogens is 412 g/mol. The topological polar surface area (TPSA) is 66.9 Å². The number of rotatable bonds is 4. The van der Waals surface area contributed by atoms with Gasteiger partial charge in [0.15, 0.2) is 0 Å². The van der Waals surface area contributed by atoms with Crippen LogP contribution >= 0.6 is 0 Å². The molecule has 2 aromatic carbocycles. The Hall–Kier alpha value is -2.38. The molecule has 0 saturated carbocycles. The molecule has 0 N–H and O–H groups in total. The summed E-state index contributed by atoms with van der Waals surface area (Å²) < 4.78 is 33.5. The molecular formula is C24H30N2O4S. The second kappa shape index (κ2) is 8.63. The molecule has 6 nitrogen and oxygen atoms in total. The maximum absolute atomic E-state index is 13.4. The van der Waals surface area contributed by atoms with Crippen molar-refractivity contribution in [2.45, 2.75) is 38.0 Å². The molecule has 0 unspecified atom stereocenters. The largest absolute Gasteiger partial charge is 0.497 e. The van der Waals surface area contributed by atoms with Crippen molar-refractivity contribution in [3.63, 3.8) is 0 Å². The second-order valence-corrected chi connectivity index (χ2v) is 10.8. The molecule has 0 aromatic heterocycles. The van der Waals surface area contributed by atoms with Gasteiger partial charge in [-0.1, -0.05) is 19.9 Å². The number of ether oxygens (including phenoxy) is 1. The van der Waals surface area contributed by atoms with Crippen LogP contribution in [0.1, 0.15) is 42.6 Å². The van der Waals surface area contributed by atoms with Crippen molar-refractivity contribution in [1.82, 2.24) is 4.31 Å². The molecule has 2 aliphatic heterocycles. The van der Waals surface area contributed by atoms with Crippen LogP contribution in [-0.2, 0) is 16.4 Å². The highest BCUT2D eigenvalue weighted by molar-refractivity contribution is 7.89. The first-order valence-corrected chi connectivity index (χ1v) is 12.3. The molecule has 0 radical (unpaired) electrons. The van der Waals surface area contributed by atoms with Crippen LogP contribution in [0.5, 0.6) is 5.75 Å². The van der Waals surface area contributed by atoms with Crippen LogP contribution in [0.2, 0.25) is 0 Å². The normalized spacial score (nSPS) is 22.1. The van der Waals surface area contributed by atoms with E-state index in [1.54, 1.807) is 34.5 Å². The first-order chi connectivity index (χ1) is 14.8. The number of hydrogen-bond acceptors (Lipinski definition) is 4. The van der Waals surface area contributed by atoms with Crippen molar-refractivity contribution < 1.29 is 17.9 Å². The molecule has 1 saturated heterocycles. The smallest absolute Gasteiger partial charge is 0.258 e. The van der Waals surface area contributed by atoms with E-state index in [2.05, 4.69) is 13.8 Å². The molecule has 2 aromatic rings. The van der Waals surface area contributed by atoms with E-state index >= 15 is 0 Å². The Morgan fingerprint density at radius 2 is 1.81 bits per heavy atom. The predicted molar refractivity (Wildman–Crippen MR) is 121 cm³/mol. The maximum Gasteiger partial charge on any atom is 0.258 e. The zero-order chi connectivity index (χ0) is 22.2. The number of amides is 1. The average Bonchev–Trinajstić information content (AvgIpc) is 2.77. The van der Waals surface area contributed by atoms with Gasteiger partial charge in [0.2, 0.25) is 10.0 Å². The van der Waals surface area contributed by atoms with Gasteiger partial charge in [0.1, 0.15) is 5.75 Å². The van der Waals surface area contributed by atoms with Crippen molar-refractivity contribution in [3.8, 4) is 5.75 Å². The summed E-state index contributed by atoms with van der Waals surface area (Å²) in [5.41, 5.74) is 2.32. The van der Waals surface area contributed by atoms with Crippen LogP contribution in [0.3, 0.4) is 0 Å². The molecule has 2 atom stereocenters. The van der Waals surface area contributed by atoms with Crippen molar-refractivity contribution in [2.75, 3.05) is 31.6 Å². The molecule has 0 aliphatic carbocycles. The maximum atomic E-state index is 13.4. The third-order valence-corrected chi connectivity index (χ3v) is 8.03. The third-order valence-electron chi connectivity index (χ3n) is 6.20. The number of aryl methyl sites for hydroxylation is 1. The van der Waals surface area contributed by atoms with Crippen LogP contribution in [0, 0.1) is 11.8 Å². The Kier molecular flexibility index (Phi) is 6.08. The fourth-order valence-electron chi connectivity index (χ4n) is 4.81. The Balaban J connectivity index is 1.63. The van der Waals surface area contributed by atoms with E-state index < -0.39 is 10.0 Å². The lowest BCUT2D eigenvalue weighted by Crippen LogP contribution is -2.42. The fraction of sp³-hybridized carbons (Fsp3) is 0.458. The molecule has 1 fully saturated rings. The lowest BCUT2D eigenvalue weighted by molar-refractivity contribution is 0.0985. The van der Waals surface area contributed by atoms with Crippen molar-refractivity contribution >= 4 is 21.6 Å². The van der Waals surface area contributed by atoms with Gasteiger partial charge in [-0.05, 0) is 73.1 Å². The number of carbonyl (C=O) groups excluding carboxylic acids is 1. The zero-order valence-corrected chi connectivity index (χ0v) is 19.2. The summed E-state index contributed by atoms with van der Waals surface area (Å²) in [5, 5.41) is 0. The van der Waals surface area contributed by atoms with Gasteiger partial charge in [-0.2, -0.15) is 4.31 Å². The van der Waals surface area contributed by atoms with Crippen molar-refractivity contribution in [3.05, 3.63) is 53.6 Å². The Morgan fingerprint density at radius 3 is 2.52 bits per heavy atom. The number of fused-ring (bicyclic) bond motifs is 1. The van der Waals surface area contributed by atoms with Gasteiger partial charge in [0.05, 0.1) is 12.0 Å². The van der Waals surface area contributed by atoms with Crippen LogP contribution < -0.4 is 9.64 Å². The molecule has 2 heterocycles. The van der Waals surface area contributed by atoms with E-state index in [9.17, 15) is 13.2 Å². The zero-order valence-electron chi connectivity index (χ0n) is 18.4. The van der Waals surface area contributed by atoms with Crippen molar-refractivity contribution in [2.24, 2.45) is 11.8 Å². The monoisotopic (exact) mass is 442 g/mol. The fourth-order valence-corrected chi connectivity index (χ4v) is 6.53. The summed E-state index contributed by atoms with van der Waals surface area (Å²) in [5.74, 6) is 1.24. The van der Waals surface area contributed by atoms with E-state index in [0.29, 0.717) is 37.0 Å². The summed E-state index contributed by atoms with van der Waals surface area (Å²) in [6.45, 7) is 5.82. The van der Waals surface area contributed by atoms with Gasteiger partial charge in [0, 0.05) is 30.9 Å². The van der Waals surface area contributed by atoms with E-state index in [-0.39, 0.29) is 10.8 Å². The number of sulfonamides is 1. The number of piperidine rings is 1. The second-order valence-electron chi connectivity index (χ2n) is 8.85. The quantitative estimate of drug-likeness (QED) is 0.719. The van der Waals surface area contributed by atoms with E-state index in [1.165, 1.54) is 6.07 Å². The van der Waals surface area contributed by atoms with Crippen LogP contribution in [0.25, 0.3) is 0 Å². The summed E-state index contributed by atoms with van der Waals surface area (Å²) in [4.78, 5) is 15.3. The van der Waals surface area contributed by atoms with Crippen LogP contribution in [-0.4, -0.2) is 45.4 Å². The number of benzene rings is 2. The van der Waals surface area contributed by atoms with E-state index in [0.717, 1.165) is 36.3 Å². The molecule has 2 aliphatic rings. The first kappa shape index (κ1) is 21.8. The summed E-state index contributed by atoms with van der Waals surface area (Å²) in [6, 6.07) is 12.2. The molecule has 31 heavy (non-hydrogen) atoms. The van der Waals surface area contributed by atoms with E-state index in [4.69, 9.17) is 4.74 Å². The average molecular weight is 443 g/mol. The molecule has 0 bridgehead atoms.